The van der Waals surface area contributed by atoms with E-state index >= 15 is 0 Å². The summed E-state index contributed by atoms with van der Waals surface area (Å²) in [5.74, 6) is 0. The van der Waals surface area contributed by atoms with Crippen LogP contribution in [0.15, 0.2) is 53.0 Å². The van der Waals surface area contributed by atoms with E-state index in [1.54, 1.807) is 32.1 Å². The Bertz CT molecular complexity index is 1430. The minimum atomic E-state index is -4.57. The molecule has 0 bridgehead atoms. The van der Waals surface area contributed by atoms with Gasteiger partial charge in [-0.1, -0.05) is 23.7 Å². The molecule has 0 fully saturated rings. The summed E-state index contributed by atoms with van der Waals surface area (Å²) in [6, 6.07) is 7.35. The van der Waals surface area contributed by atoms with Crippen LogP contribution in [0, 0.1) is 13.8 Å². The van der Waals surface area contributed by atoms with E-state index in [0.29, 0.717) is 31.9 Å². The molecule has 0 saturated carbocycles. The van der Waals surface area contributed by atoms with Crippen molar-refractivity contribution in [2.75, 3.05) is 4.72 Å². The predicted molar refractivity (Wildman–Crippen MR) is 128 cm³/mol. The minimum Gasteiger partial charge on any atom is -0.279 e. The van der Waals surface area contributed by atoms with Crippen LogP contribution in [0.5, 0.6) is 0 Å². The van der Waals surface area contributed by atoms with Crippen molar-refractivity contribution in [1.29, 1.82) is 0 Å². The molecule has 1 aliphatic rings. The summed E-state index contributed by atoms with van der Waals surface area (Å²) in [5.41, 5.74) is 0.784. The predicted octanol–water partition coefficient (Wildman–Crippen LogP) is 7.25. The highest BCUT2D eigenvalue weighted by atomic mass is 35.5. The van der Waals surface area contributed by atoms with Gasteiger partial charge in [0.25, 0.3) is 10.0 Å². The molecule has 1 aromatic carbocycles. The third-order valence-electron chi connectivity index (χ3n) is 5.13. The molecule has 4 rings (SSSR count). The van der Waals surface area contributed by atoms with Crippen LogP contribution >= 0.6 is 34.5 Å². The highest BCUT2D eigenvalue weighted by Gasteiger charge is 2.39. The van der Waals surface area contributed by atoms with Gasteiger partial charge in [0.2, 0.25) is 0 Å². The largest absolute Gasteiger partial charge is 0.414 e. The number of nitrogens with zero attached hydrogens (tertiary/aromatic N) is 1. The Morgan fingerprint density at radius 1 is 1.21 bits per heavy atom. The topological polar surface area (TPSA) is 59.1 Å². The van der Waals surface area contributed by atoms with Crippen molar-refractivity contribution in [2.24, 2.45) is 0 Å². The molecular weight excluding hydrogens is 516 g/mol. The Kier molecular flexibility index (Phi) is 6.28. The zero-order valence-electron chi connectivity index (χ0n) is 17.3. The summed E-state index contributed by atoms with van der Waals surface area (Å²) in [6.45, 7) is 3.48. The van der Waals surface area contributed by atoms with Gasteiger partial charge in [-0.25, -0.2) is 13.4 Å². The minimum absolute atomic E-state index is 0.00186. The number of alkyl halides is 4. The van der Waals surface area contributed by atoms with Crippen LogP contribution < -0.4 is 4.72 Å². The van der Waals surface area contributed by atoms with E-state index < -0.39 is 27.1 Å². The summed E-state index contributed by atoms with van der Waals surface area (Å²) >= 11 is 13.2. The zero-order valence-corrected chi connectivity index (χ0v) is 20.4. The number of aryl methyl sites for hydroxylation is 2. The maximum absolute atomic E-state index is 13.5. The Hall–Kier alpha value is -2.07. The monoisotopic (exact) mass is 532 g/mol. The number of thiophene rings is 1. The summed E-state index contributed by atoms with van der Waals surface area (Å²) in [7, 11) is -4.02. The fourth-order valence-corrected chi connectivity index (χ4v) is 6.46. The molecule has 0 amide bonds. The number of nitrogens with one attached hydrogen (secondary N) is 1. The molecule has 2 heterocycles. The van der Waals surface area contributed by atoms with Gasteiger partial charge in [0.05, 0.1) is 21.5 Å². The molecule has 0 radical (unpaired) electrons. The molecule has 0 spiro atoms. The number of sulfonamides is 1. The van der Waals surface area contributed by atoms with Crippen molar-refractivity contribution in [1.82, 2.24) is 4.98 Å². The molecule has 2 aromatic heterocycles. The first-order valence-electron chi connectivity index (χ1n) is 9.69. The molecule has 174 valence electrons. The molecule has 11 heteroatoms. The number of allylic oxidation sites excluding steroid dienone is 4. The van der Waals surface area contributed by atoms with Gasteiger partial charge in [-0.15, -0.1) is 22.9 Å². The van der Waals surface area contributed by atoms with Crippen LogP contribution in [0.25, 0.3) is 15.8 Å². The number of hydrogen-bond acceptors (Lipinski definition) is 4. The molecule has 0 aliphatic heterocycles. The van der Waals surface area contributed by atoms with Crippen molar-refractivity contribution < 1.29 is 21.6 Å². The normalized spacial score (nSPS) is 17.1. The van der Waals surface area contributed by atoms with E-state index in [2.05, 4.69) is 9.71 Å². The molecule has 1 N–H and O–H groups in total. The lowest BCUT2D eigenvalue weighted by Crippen LogP contribution is -2.22. The van der Waals surface area contributed by atoms with E-state index in [4.69, 9.17) is 23.2 Å². The highest BCUT2D eigenvalue weighted by Crippen LogP contribution is 2.44. The van der Waals surface area contributed by atoms with E-state index in [1.807, 2.05) is 0 Å². The fourth-order valence-electron chi connectivity index (χ4n) is 3.71. The molecule has 1 atom stereocenters. The van der Waals surface area contributed by atoms with Gasteiger partial charge in [0.1, 0.15) is 4.83 Å². The molecular formula is C22H17Cl2F3N2O2S2. The van der Waals surface area contributed by atoms with E-state index in [0.717, 1.165) is 6.08 Å². The zero-order chi connectivity index (χ0) is 24.1. The molecule has 33 heavy (non-hydrogen) atoms. The number of anilines is 1. The van der Waals surface area contributed by atoms with Crippen molar-refractivity contribution in [3.05, 3.63) is 69.2 Å². The Morgan fingerprint density at radius 3 is 2.61 bits per heavy atom. The maximum Gasteiger partial charge on any atom is 0.414 e. The number of halogens is 5. The second-order valence-corrected chi connectivity index (χ2v) is 11.4. The average molecular weight is 533 g/mol. The van der Waals surface area contributed by atoms with Gasteiger partial charge < -0.3 is 0 Å². The van der Waals surface area contributed by atoms with Gasteiger partial charge in [0.15, 0.2) is 0 Å². The molecule has 3 aromatic rings. The first-order valence-corrected chi connectivity index (χ1v) is 12.8. The average Bonchev–Trinajstić information content (AvgIpc) is 3.03. The number of rotatable bonds is 4. The summed E-state index contributed by atoms with van der Waals surface area (Å²) in [4.78, 5) is 5.67. The van der Waals surface area contributed by atoms with E-state index in [-0.39, 0.29) is 22.0 Å². The third-order valence-corrected chi connectivity index (χ3v) is 8.14. The molecule has 1 aliphatic carbocycles. The Balaban J connectivity index is 1.89. The van der Waals surface area contributed by atoms with Gasteiger partial charge in [-0.3, -0.25) is 4.72 Å². The van der Waals surface area contributed by atoms with Crippen LogP contribution in [0.1, 0.15) is 22.6 Å². The Labute approximate surface area is 202 Å². The van der Waals surface area contributed by atoms with E-state index in [9.17, 15) is 21.6 Å². The van der Waals surface area contributed by atoms with Gasteiger partial charge in [-0.05, 0) is 56.2 Å². The van der Waals surface area contributed by atoms with Crippen molar-refractivity contribution >= 4 is 66.0 Å². The number of benzene rings is 1. The standard InChI is InChI=1S/C22H17Cl2F3N2O2S2/c1-11-8-18(29-33(30,31)15-5-3-4-14(23)10-15)20-19(12(2)32-21(20)28-11)13-6-7-17(24)16(9-13)22(25,26)27/h3-6,8-10,17H,7H2,1-2H3,(H,28,29). The Morgan fingerprint density at radius 2 is 1.94 bits per heavy atom. The van der Waals surface area contributed by atoms with Crippen LogP contribution in [-0.2, 0) is 10.0 Å². The van der Waals surface area contributed by atoms with Gasteiger partial charge >= 0.3 is 6.18 Å². The lowest BCUT2D eigenvalue weighted by molar-refractivity contribution is -0.0935. The fraction of sp³-hybridized carbons (Fsp3) is 0.227. The second kappa shape index (κ2) is 8.61. The molecule has 1 unspecified atom stereocenters. The van der Waals surface area contributed by atoms with Gasteiger partial charge in [0, 0.05) is 26.5 Å². The summed E-state index contributed by atoms with van der Waals surface area (Å²) in [6.07, 6.45) is -1.90. The molecule has 4 nitrogen and oxygen atoms in total. The lowest BCUT2D eigenvalue weighted by atomic mass is 9.92. The van der Waals surface area contributed by atoms with Crippen molar-refractivity contribution in [2.45, 2.75) is 36.7 Å². The molecule has 0 saturated heterocycles. The van der Waals surface area contributed by atoms with Crippen LogP contribution in [-0.4, -0.2) is 25.0 Å². The quantitative estimate of drug-likeness (QED) is 0.360. The number of fused-ring (bicyclic) bond motifs is 1. The number of hydrogen-bond donors (Lipinski definition) is 1. The maximum atomic E-state index is 13.5. The number of aromatic nitrogens is 1. The van der Waals surface area contributed by atoms with Crippen LogP contribution in [0.2, 0.25) is 5.02 Å². The van der Waals surface area contributed by atoms with Crippen molar-refractivity contribution in [3.8, 4) is 0 Å². The lowest BCUT2D eigenvalue weighted by Gasteiger charge is -2.21. The highest BCUT2D eigenvalue weighted by molar-refractivity contribution is 7.92. The van der Waals surface area contributed by atoms with Crippen LogP contribution in [0.3, 0.4) is 0 Å². The van der Waals surface area contributed by atoms with Crippen LogP contribution in [0.4, 0.5) is 18.9 Å². The second-order valence-electron chi connectivity index (χ2n) is 7.55. The summed E-state index contributed by atoms with van der Waals surface area (Å²) < 4.78 is 69.2. The third kappa shape index (κ3) is 4.77. The van der Waals surface area contributed by atoms with Crippen molar-refractivity contribution in [3.63, 3.8) is 0 Å². The first kappa shape index (κ1) is 24.1. The smallest absolute Gasteiger partial charge is 0.279 e. The SMILES string of the molecule is Cc1cc(NS(=O)(=O)c2cccc(Cl)c2)c2c(C3=CCC(Cl)C(C(F)(F)F)=C3)c(C)sc2n1. The van der Waals surface area contributed by atoms with Gasteiger partial charge in [-0.2, -0.15) is 13.2 Å². The van der Waals surface area contributed by atoms with E-state index in [1.165, 1.54) is 29.5 Å². The number of pyridine rings is 1. The summed E-state index contributed by atoms with van der Waals surface area (Å²) in [5, 5.41) is -0.486. The first-order chi connectivity index (χ1) is 15.4.